The van der Waals surface area contributed by atoms with Crippen LogP contribution >= 0.6 is 0 Å². The number of hydrogen-bond acceptors (Lipinski definition) is 6. The molecule has 110 valence electrons. The predicted octanol–water partition coefficient (Wildman–Crippen LogP) is 2.69. The monoisotopic (exact) mass is 296 g/mol. The van der Waals surface area contributed by atoms with Gasteiger partial charge < -0.3 is 14.2 Å². The SMILES string of the molecule is COc1cc(OC(F)F)nc(Oc2ccccc2C=O)n1. The van der Waals surface area contributed by atoms with E-state index in [1.807, 2.05) is 0 Å². The Kier molecular flexibility index (Phi) is 4.60. The molecule has 0 aliphatic rings. The number of methoxy groups -OCH3 is 1. The van der Waals surface area contributed by atoms with Crippen molar-refractivity contribution in [3.63, 3.8) is 0 Å². The fourth-order valence-electron chi connectivity index (χ4n) is 1.45. The fourth-order valence-corrected chi connectivity index (χ4v) is 1.45. The molecule has 0 radical (unpaired) electrons. The molecule has 0 aliphatic carbocycles. The number of benzene rings is 1. The normalized spacial score (nSPS) is 10.3. The van der Waals surface area contributed by atoms with Crippen LogP contribution in [-0.2, 0) is 0 Å². The number of ether oxygens (including phenoxy) is 3. The highest BCUT2D eigenvalue weighted by molar-refractivity contribution is 5.79. The van der Waals surface area contributed by atoms with E-state index < -0.39 is 12.5 Å². The van der Waals surface area contributed by atoms with E-state index in [0.29, 0.717) is 6.29 Å². The van der Waals surface area contributed by atoms with Gasteiger partial charge in [0.05, 0.1) is 18.7 Å². The van der Waals surface area contributed by atoms with Crippen LogP contribution in [0.25, 0.3) is 0 Å². The van der Waals surface area contributed by atoms with E-state index in [9.17, 15) is 13.6 Å². The van der Waals surface area contributed by atoms with Crippen molar-refractivity contribution < 1.29 is 27.8 Å². The Hall–Kier alpha value is -2.77. The molecule has 0 spiro atoms. The molecule has 0 N–H and O–H groups in total. The van der Waals surface area contributed by atoms with Crippen molar-refractivity contribution in [2.45, 2.75) is 6.61 Å². The molecule has 21 heavy (non-hydrogen) atoms. The summed E-state index contributed by atoms with van der Waals surface area (Å²) in [4.78, 5) is 18.4. The van der Waals surface area contributed by atoms with Gasteiger partial charge in [-0.15, -0.1) is 0 Å². The van der Waals surface area contributed by atoms with Crippen LogP contribution in [0.2, 0.25) is 0 Å². The second-order valence-corrected chi connectivity index (χ2v) is 3.67. The zero-order valence-corrected chi connectivity index (χ0v) is 10.8. The highest BCUT2D eigenvalue weighted by atomic mass is 19.3. The van der Waals surface area contributed by atoms with Crippen LogP contribution in [0.15, 0.2) is 30.3 Å². The number of para-hydroxylation sites is 1. The molecule has 0 saturated heterocycles. The quantitative estimate of drug-likeness (QED) is 0.763. The van der Waals surface area contributed by atoms with Gasteiger partial charge in [-0.3, -0.25) is 4.79 Å². The van der Waals surface area contributed by atoms with E-state index in [1.165, 1.54) is 19.2 Å². The molecule has 6 nitrogen and oxygen atoms in total. The van der Waals surface area contributed by atoms with Gasteiger partial charge in [-0.1, -0.05) is 12.1 Å². The van der Waals surface area contributed by atoms with Crippen LogP contribution in [0.1, 0.15) is 10.4 Å². The minimum Gasteiger partial charge on any atom is -0.481 e. The van der Waals surface area contributed by atoms with Crippen molar-refractivity contribution in [1.29, 1.82) is 0 Å². The fraction of sp³-hybridized carbons (Fsp3) is 0.154. The molecule has 0 unspecified atom stereocenters. The third kappa shape index (κ3) is 3.85. The number of nitrogens with zero attached hydrogens (tertiary/aromatic N) is 2. The lowest BCUT2D eigenvalue weighted by Crippen LogP contribution is -2.06. The van der Waals surface area contributed by atoms with Gasteiger partial charge in [-0.2, -0.15) is 18.7 Å². The summed E-state index contributed by atoms with van der Waals surface area (Å²) in [6.07, 6.45) is 0.589. The number of alkyl halides is 2. The van der Waals surface area contributed by atoms with Gasteiger partial charge in [0.25, 0.3) is 0 Å². The second kappa shape index (κ2) is 6.60. The van der Waals surface area contributed by atoms with Crippen molar-refractivity contribution in [1.82, 2.24) is 9.97 Å². The van der Waals surface area contributed by atoms with E-state index in [-0.39, 0.29) is 23.2 Å². The standard InChI is InChI=1S/C13H10F2N2O4/c1-19-10-6-11(21-12(14)15)17-13(16-10)20-9-5-3-2-4-8(9)7-18/h2-7,12H,1H3. The molecule has 0 bridgehead atoms. The van der Waals surface area contributed by atoms with Crippen molar-refractivity contribution in [2.24, 2.45) is 0 Å². The van der Waals surface area contributed by atoms with Gasteiger partial charge in [0, 0.05) is 0 Å². The largest absolute Gasteiger partial charge is 0.481 e. The average molecular weight is 296 g/mol. The molecule has 2 rings (SSSR count). The number of aldehydes is 1. The molecule has 1 aromatic carbocycles. The Bertz CT molecular complexity index is 637. The van der Waals surface area contributed by atoms with Gasteiger partial charge in [-0.25, -0.2) is 0 Å². The number of carbonyl (C=O) groups excluding carboxylic acids is 1. The zero-order valence-electron chi connectivity index (χ0n) is 10.8. The van der Waals surface area contributed by atoms with Gasteiger partial charge >= 0.3 is 12.6 Å². The van der Waals surface area contributed by atoms with E-state index in [4.69, 9.17) is 9.47 Å². The summed E-state index contributed by atoms with van der Waals surface area (Å²) < 4.78 is 38.8. The number of halogens is 2. The maximum atomic E-state index is 12.2. The van der Waals surface area contributed by atoms with E-state index >= 15 is 0 Å². The van der Waals surface area contributed by atoms with Crippen LogP contribution in [0.4, 0.5) is 8.78 Å². The molecule has 2 aromatic rings. The Morgan fingerprint density at radius 1 is 1.19 bits per heavy atom. The van der Waals surface area contributed by atoms with Crippen LogP contribution < -0.4 is 14.2 Å². The van der Waals surface area contributed by atoms with Crippen LogP contribution in [0, 0.1) is 0 Å². The second-order valence-electron chi connectivity index (χ2n) is 3.67. The number of rotatable bonds is 6. The highest BCUT2D eigenvalue weighted by Crippen LogP contribution is 2.26. The number of carbonyl (C=O) groups is 1. The summed E-state index contributed by atoms with van der Waals surface area (Å²) in [7, 11) is 1.30. The molecule has 0 fully saturated rings. The first-order valence-electron chi connectivity index (χ1n) is 5.72. The van der Waals surface area contributed by atoms with Crippen molar-refractivity contribution >= 4 is 6.29 Å². The van der Waals surface area contributed by atoms with Crippen LogP contribution in [0.3, 0.4) is 0 Å². The van der Waals surface area contributed by atoms with Gasteiger partial charge in [-0.05, 0) is 12.1 Å². The zero-order chi connectivity index (χ0) is 15.2. The third-order valence-electron chi connectivity index (χ3n) is 2.32. The lowest BCUT2D eigenvalue weighted by atomic mass is 10.2. The topological polar surface area (TPSA) is 70.5 Å². The Morgan fingerprint density at radius 2 is 1.90 bits per heavy atom. The summed E-state index contributed by atoms with van der Waals surface area (Å²) in [5.41, 5.74) is 0.264. The molecule has 0 saturated carbocycles. The highest BCUT2D eigenvalue weighted by Gasteiger charge is 2.13. The first kappa shape index (κ1) is 14.6. The van der Waals surface area contributed by atoms with E-state index in [2.05, 4.69) is 14.7 Å². The Labute approximate surface area is 118 Å². The number of hydrogen-bond donors (Lipinski definition) is 0. The van der Waals surface area contributed by atoms with E-state index in [0.717, 1.165) is 6.07 Å². The van der Waals surface area contributed by atoms with Gasteiger partial charge in [0.15, 0.2) is 6.29 Å². The molecule has 0 aliphatic heterocycles. The molecule has 1 heterocycles. The maximum Gasteiger partial charge on any atom is 0.388 e. The molecular formula is C13H10F2N2O4. The van der Waals surface area contributed by atoms with Crippen LogP contribution in [0.5, 0.6) is 23.5 Å². The number of aromatic nitrogens is 2. The first-order chi connectivity index (χ1) is 10.1. The molecule has 8 heteroatoms. The first-order valence-corrected chi connectivity index (χ1v) is 5.72. The van der Waals surface area contributed by atoms with Crippen LogP contribution in [-0.4, -0.2) is 30.0 Å². The molecular weight excluding hydrogens is 286 g/mol. The summed E-state index contributed by atoms with van der Waals surface area (Å²) >= 11 is 0. The molecule has 0 amide bonds. The van der Waals surface area contributed by atoms with Gasteiger partial charge in [0.1, 0.15) is 5.75 Å². The Morgan fingerprint density at radius 3 is 2.57 bits per heavy atom. The van der Waals surface area contributed by atoms with Crippen molar-refractivity contribution in [3.8, 4) is 23.5 Å². The van der Waals surface area contributed by atoms with Gasteiger partial charge in [0.2, 0.25) is 11.8 Å². The minimum atomic E-state index is -3.04. The van der Waals surface area contributed by atoms with Crippen molar-refractivity contribution in [2.75, 3.05) is 7.11 Å². The summed E-state index contributed by atoms with van der Waals surface area (Å²) in [6, 6.07) is 7.14. The summed E-state index contributed by atoms with van der Waals surface area (Å²) in [5, 5.41) is 0. The molecule has 1 aromatic heterocycles. The predicted molar refractivity (Wildman–Crippen MR) is 67.1 cm³/mol. The summed E-state index contributed by atoms with van der Waals surface area (Å²) in [5.74, 6) is -0.238. The maximum absolute atomic E-state index is 12.2. The van der Waals surface area contributed by atoms with E-state index in [1.54, 1.807) is 12.1 Å². The lowest BCUT2D eigenvalue weighted by molar-refractivity contribution is -0.0532. The lowest BCUT2D eigenvalue weighted by Gasteiger charge is -2.09. The minimum absolute atomic E-state index is 0.0146. The van der Waals surface area contributed by atoms with Crippen molar-refractivity contribution in [3.05, 3.63) is 35.9 Å². The molecule has 0 atom stereocenters. The Balaban J connectivity index is 2.32. The smallest absolute Gasteiger partial charge is 0.388 e. The third-order valence-corrected chi connectivity index (χ3v) is 2.32. The average Bonchev–Trinajstić information content (AvgIpc) is 2.46. The summed E-state index contributed by atoms with van der Waals surface area (Å²) in [6.45, 7) is -3.04.